The van der Waals surface area contributed by atoms with Crippen molar-refractivity contribution < 1.29 is 0 Å². The third-order valence-electron chi connectivity index (χ3n) is 2.86. The van der Waals surface area contributed by atoms with E-state index in [0.717, 1.165) is 29.2 Å². The maximum absolute atomic E-state index is 6.21. The monoisotopic (exact) mass is 230 g/mol. The van der Waals surface area contributed by atoms with Crippen molar-refractivity contribution in [3.05, 3.63) is 47.3 Å². The van der Waals surface area contributed by atoms with Gasteiger partial charge in [-0.1, -0.05) is 0 Å². The summed E-state index contributed by atoms with van der Waals surface area (Å²) < 4.78 is 2.00. The molecule has 4 heteroatoms. The highest BCUT2D eigenvalue weighted by Crippen LogP contribution is 2.16. The molecule has 90 valence electrons. The summed E-state index contributed by atoms with van der Waals surface area (Å²) in [4.78, 5) is 8.65. The van der Waals surface area contributed by atoms with Crippen LogP contribution in [0.5, 0.6) is 0 Å². The van der Waals surface area contributed by atoms with Crippen LogP contribution in [0.15, 0.2) is 24.5 Å². The lowest BCUT2D eigenvalue weighted by Crippen LogP contribution is -2.16. The smallest absolute Gasteiger partial charge is 0.110 e. The lowest BCUT2D eigenvalue weighted by Gasteiger charge is -2.13. The Labute approximate surface area is 102 Å². The first-order chi connectivity index (χ1) is 8.06. The Bertz CT molecular complexity index is 496. The highest BCUT2D eigenvalue weighted by Gasteiger charge is 2.11. The molecule has 0 aliphatic heterocycles. The minimum Gasteiger partial charge on any atom is -0.338 e. The van der Waals surface area contributed by atoms with Crippen molar-refractivity contribution in [2.75, 3.05) is 0 Å². The van der Waals surface area contributed by atoms with Crippen LogP contribution in [0, 0.1) is 13.8 Å². The van der Waals surface area contributed by atoms with Gasteiger partial charge in [0.25, 0.3) is 0 Å². The molecule has 2 aromatic heterocycles. The van der Waals surface area contributed by atoms with E-state index in [2.05, 4.69) is 9.97 Å². The van der Waals surface area contributed by atoms with Gasteiger partial charge < -0.3 is 10.3 Å². The van der Waals surface area contributed by atoms with Gasteiger partial charge in [-0.2, -0.15) is 0 Å². The first kappa shape index (κ1) is 11.8. The summed E-state index contributed by atoms with van der Waals surface area (Å²) in [5, 5.41) is 0. The molecular formula is C13H18N4. The van der Waals surface area contributed by atoms with Gasteiger partial charge in [0.15, 0.2) is 0 Å². The van der Waals surface area contributed by atoms with E-state index in [9.17, 15) is 0 Å². The number of nitrogens with two attached hydrogens (primary N) is 1. The third-order valence-corrected chi connectivity index (χ3v) is 2.86. The van der Waals surface area contributed by atoms with Gasteiger partial charge in [0.05, 0.1) is 0 Å². The summed E-state index contributed by atoms with van der Waals surface area (Å²) in [5.74, 6) is 1.00. The van der Waals surface area contributed by atoms with Crippen LogP contribution in [0.2, 0.25) is 0 Å². The highest BCUT2D eigenvalue weighted by molar-refractivity contribution is 5.24. The Morgan fingerprint density at radius 1 is 1.29 bits per heavy atom. The molecule has 0 saturated carbocycles. The Balaban J connectivity index is 2.20. The molecule has 0 aliphatic rings. The van der Waals surface area contributed by atoms with Crippen LogP contribution in [0.4, 0.5) is 0 Å². The van der Waals surface area contributed by atoms with Crippen molar-refractivity contribution >= 4 is 0 Å². The van der Waals surface area contributed by atoms with Crippen LogP contribution in [0.1, 0.15) is 28.8 Å². The number of rotatable bonds is 3. The zero-order valence-corrected chi connectivity index (χ0v) is 10.5. The molecule has 0 saturated heterocycles. The molecule has 0 aliphatic carbocycles. The summed E-state index contributed by atoms with van der Waals surface area (Å²) in [7, 11) is 1.98. The lowest BCUT2D eigenvalue weighted by molar-refractivity contribution is 0.657. The van der Waals surface area contributed by atoms with Crippen molar-refractivity contribution in [1.29, 1.82) is 0 Å². The van der Waals surface area contributed by atoms with Gasteiger partial charge in [0, 0.05) is 43.3 Å². The number of hydrogen-bond acceptors (Lipinski definition) is 3. The van der Waals surface area contributed by atoms with Crippen LogP contribution < -0.4 is 5.73 Å². The number of aromatic nitrogens is 3. The van der Waals surface area contributed by atoms with Crippen LogP contribution in [-0.2, 0) is 13.5 Å². The second kappa shape index (κ2) is 4.67. The summed E-state index contributed by atoms with van der Waals surface area (Å²) >= 11 is 0. The molecule has 0 aromatic carbocycles. The molecule has 2 aromatic rings. The maximum Gasteiger partial charge on any atom is 0.110 e. The number of imidazole rings is 1. The molecule has 2 rings (SSSR count). The quantitative estimate of drug-likeness (QED) is 0.872. The molecule has 17 heavy (non-hydrogen) atoms. The van der Waals surface area contributed by atoms with Gasteiger partial charge in [-0.3, -0.25) is 4.98 Å². The number of pyridine rings is 1. The molecule has 0 fully saturated rings. The molecule has 0 bridgehead atoms. The van der Waals surface area contributed by atoms with Crippen LogP contribution in [0.25, 0.3) is 0 Å². The zero-order valence-electron chi connectivity index (χ0n) is 10.5. The zero-order chi connectivity index (χ0) is 12.4. The largest absolute Gasteiger partial charge is 0.338 e. The minimum atomic E-state index is -0.0310. The number of aryl methyl sites for hydroxylation is 3. The van der Waals surface area contributed by atoms with Crippen molar-refractivity contribution in [2.24, 2.45) is 12.8 Å². The molecule has 0 amide bonds. The topological polar surface area (TPSA) is 56.7 Å². The number of nitrogens with zero attached hydrogens (tertiary/aromatic N) is 3. The molecule has 4 nitrogen and oxygen atoms in total. The highest BCUT2D eigenvalue weighted by atomic mass is 15.0. The van der Waals surface area contributed by atoms with E-state index in [1.807, 2.05) is 43.8 Å². The summed E-state index contributed by atoms with van der Waals surface area (Å²) in [6, 6.07) is 4.05. The minimum absolute atomic E-state index is 0.0310. The Morgan fingerprint density at radius 3 is 2.47 bits per heavy atom. The molecule has 2 heterocycles. The van der Waals surface area contributed by atoms with Gasteiger partial charge >= 0.3 is 0 Å². The van der Waals surface area contributed by atoms with Crippen LogP contribution in [0.3, 0.4) is 0 Å². The number of hydrogen-bond donors (Lipinski definition) is 1. The Hall–Kier alpha value is -1.68. The van der Waals surface area contributed by atoms with E-state index < -0.39 is 0 Å². The second-order valence-electron chi connectivity index (χ2n) is 4.45. The fourth-order valence-corrected chi connectivity index (χ4v) is 1.99. The SMILES string of the molecule is Cc1cc(C(N)Cc2nccn2C)cc(C)n1. The van der Waals surface area contributed by atoms with Gasteiger partial charge in [-0.05, 0) is 31.5 Å². The third kappa shape index (κ3) is 2.71. The summed E-state index contributed by atoms with van der Waals surface area (Å²) in [6.07, 6.45) is 4.47. The van der Waals surface area contributed by atoms with E-state index in [-0.39, 0.29) is 6.04 Å². The van der Waals surface area contributed by atoms with Gasteiger partial charge in [0.1, 0.15) is 5.82 Å². The summed E-state index contributed by atoms with van der Waals surface area (Å²) in [6.45, 7) is 3.98. The Kier molecular flexibility index (Phi) is 3.24. The average molecular weight is 230 g/mol. The Morgan fingerprint density at radius 2 is 1.94 bits per heavy atom. The molecule has 1 unspecified atom stereocenters. The standard InChI is InChI=1S/C13H18N4/c1-9-6-11(7-10(2)16-9)12(14)8-13-15-4-5-17(13)3/h4-7,12H,8,14H2,1-3H3. The predicted octanol–water partition coefficient (Wildman–Crippen LogP) is 1.67. The molecular weight excluding hydrogens is 212 g/mol. The van der Waals surface area contributed by atoms with Crippen molar-refractivity contribution in [3.8, 4) is 0 Å². The van der Waals surface area contributed by atoms with Crippen molar-refractivity contribution in [1.82, 2.24) is 14.5 Å². The average Bonchev–Trinajstić information content (AvgIpc) is 2.63. The normalized spacial score (nSPS) is 12.7. The van der Waals surface area contributed by atoms with Gasteiger partial charge in [-0.25, -0.2) is 4.98 Å². The van der Waals surface area contributed by atoms with E-state index in [1.54, 1.807) is 6.20 Å². The van der Waals surface area contributed by atoms with Gasteiger partial charge in [0.2, 0.25) is 0 Å². The first-order valence-corrected chi connectivity index (χ1v) is 5.73. The fourth-order valence-electron chi connectivity index (χ4n) is 1.99. The van der Waals surface area contributed by atoms with Crippen LogP contribution in [-0.4, -0.2) is 14.5 Å². The van der Waals surface area contributed by atoms with E-state index in [1.165, 1.54) is 0 Å². The lowest BCUT2D eigenvalue weighted by atomic mass is 10.0. The molecule has 2 N–H and O–H groups in total. The second-order valence-corrected chi connectivity index (χ2v) is 4.45. The van der Waals surface area contributed by atoms with Crippen LogP contribution >= 0.6 is 0 Å². The van der Waals surface area contributed by atoms with Crippen molar-refractivity contribution in [2.45, 2.75) is 26.3 Å². The van der Waals surface area contributed by atoms with Gasteiger partial charge in [-0.15, -0.1) is 0 Å². The predicted molar refractivity (Wildman–Crippen MR) is 67.6 cm³/mol. The van der Waals surface area contributed by atoms with E-state index in [0.29, 0.717) is 0 Å². The molecule has 0 spiro atoms. The van der Waals surface area contributed by atoms with Crippen molar-refractivity contribution in [3.63, 3.8) is 0 Å². The maximum atomic E-state index is 6.21. The first-order valence-electron chi connectivity index (χ1n) is 5.73. The fraction of sp³-hybridized carbons (Fsp3) is 0.385. The molecule has 1 atom stereocenters. The molecule has 0 radical (unpaired) electrons. The van der Waals surface area contributed by atoms with E-state index >= 15 is 0 Å². The van der Waals surface area contributed by atoms with E-state index in [4.69, 9.17) is 5.73 Å². The summed E-state index contributed by atoms with van der Waals surface area (Å²) in [5.41, 5.74) is 9.35.